The molecule has 3 rings (SSSR count). The molecule has 0 aliphatic carbocycles. The van der Waals surface area contributed by atoms with Crippen LogP contribution in [0.15, 0.2) is 12.7 Å². The Bertz CT molecular complexity index is 583. The second-order valence-corrected chi connectivity index (χ2v) is 4.89. The second-order valence-electron chi connectivity index (χ2n) is 4.89. The van der Waals surface area contributed by atoms with E-state index in [1.54, 1.807) is 6.33 Å². The summed E-state index contributed by atoms with van der Waals surface area (Å²) < 4.78 is 7.68. The van der Waals surface area contributed by atoms with Crippen LogP contribution in [-0.2, 0) is 4.74 Å². The summed E-state index contributed by atoms with van der Waals surface area (Å²) in [6.07, 6.45) is 4.79. The first kappa shape index (κ1) is 12.3. The SMILES string of the molecule is CN(C)c1ncnc2c1ncn2[C@H]1CC[C@@H](CO)O1. The van der Waals surface area contributed by atoms with E-state index in [4.69, 9.17) is 9.84 Å². The topological polar surface area (TPSA) is 76.3 Å². The highest BCUT2D eigenvalue weighted by atomic mass is 16.5. The fraction of sp³-hybridized carbons (Fsp3) is 0.583. The number of fused-ring (bicyclic) bond motifs is 1. The molecule has 19 heavy (non-hydrogen) atoms. The monoisotopic (exact) mass is 263 g/mol. The van der Waals surface area contributed by atoms with Crippen molar-refractivity contribution in [2.45, 2.75) is 25.2 Å². The normalized spacial score (nSPS) is 23.1. The molecular weight excluding hydrogens is 246 g/mol. The van der Waals surface area contributed by atoms with E-state index in [1.165, 1.54) is 6.33 Å². The van der Waals surface area contributed by atoms with Gasteiger partial charge < -0.3 is 14.7 Å². The minimum atomic E-state index is -0.105. The van der Waals surface area contributed by atoms with Crippen LogP contribution in [0, 0.1) is 0 Å². The Morgan fingerprint density at radius 3 is 2.89 bits per heavy atom. The highest BCUT2D eigenvalue weighted by Crippen LogP contribution is 2.31. The lowest BCUT2D eigenvalue weighted by Crippen LogP contribution is -2.14. The third kappa shape index (κ3) is 2.04. The summed E-state index contributed by atoms with van der Waals surface area (Å²) in [6.45, 7) is 0.0566. The Labute approximate surface area is 110 Å². The van der Waals surface area contributed by atoms with Crippen molar-refractivity contribution in [3.05, 3.63) is 12.7 Å². The number of hydrogen-bond donors (Lipinski definition) is 1. The van der Waals surface area contributed by atoms with Crippen LogP contribution in [0.5, 0.6) is 0 Å². The number of anilines is 1. The van der Waals surface area contributed by atoms with Crippen molar-refractivity contribution in [1.29, 1.82) is 0 Å². The summed E-state index contributed by atoms with van der Waals surface area (Å²) in [5, 5.41) is 9.13. The molecule has 0 aromatic carbocycles. The molecule has 102 valence electrons. The first-order valence-electron chi connectivity index (χ1n) is 6.32. The predicted molar refractivity (Wildman–Crippen MR) is 69.9 cm³/mol. The molecule has 2 aromatic rings. The van der Waals surface area contributed by atoms with E-state index in [-0.39, 0.29) is 18.9 Å². The van der Waals surface area contributed by atoms with E-state index < -0.39 is 0 Å². The molecule has 1 N–H and O–H groups in total. The molecule has 0 spiro atoms. The van der Waals surface area contributed by atoms with Gasteiger partial charge in [-0.3, -0.25) is 4.57 Å². The van der Waals surface area contributed by atoms with E-state index >= 15 is 0 Å². The summed E-state index contributed by atoms with van der Waals surface area (Å²) in [7, 11) is 3.85. The van der Waals surface area contributed by atoms with Crippen LogP contribution in [0.25, 0.3) is 11.2 Å². The van der Waals surface area contributed by atoms with Gasteiger partial charge in [0.1, 0.15) is 12.6 Å². The third-order valence-corrected chi connectivity index (χ3v) is 3.36. The summed E-state index contributed by atoms with van der Waals surface area (Å²) in [4.78, 5) is 14.8. The summed E-state index contributed by atoms with van der Waals surface area (Å²) in [6, 6.07) is 0. The van der Waals surface area contributed by atoms with Crippen LogP contribution in [0.1, 0.15) is 19.1 Å². The molecule has 0 amide bonds. The molecule has 2 aromatic heterocycles. The zero-order valence-corrected chi connectivity index (χ0v) is 11.0. The van der Waals surface area contributed by atoms with E-state index in [2.05, 4.69) is 15.0 Å². The van der Waals surface area contributed by atoms with E-state index in [1.807, 2.05) is 23.6 Å². The van der Waals surface area contributed by atoms with Gasteiger partial charge in [-0.25, -0.2) is 15.0 Å². The fourth-order valence-corrected chi connectivity index (χ4v) is 2.40. The Kier molecular flexibility index (Phi) is 3.08. The maximum absolute atomic E-state index is 9.13. The zero-order valence-electron chi connectivity index (χ0n) is 11.0. The molecule has 7 heteroatoms. The van der Waals surface area contributed by atoms with Crippen LogP contribution in [-0.4, -0.2) is 51.4 Å². The summed E-state index contributed by atoms with van der Waals surface area (Å²) in [5.74, 6) is 0.792. The minimum Gasteiger partial charge on any atom is -0.394 e. The smallest absolute Gasteiger partial charge is 0.167 e. The first-order chi connectivity index (χ1) is 9.20. The minimum absolute atomic E-state index is 0.0566. The standard InChI is InChI=1S/C12H17N5O2/c1-16(2)11-10-12(14-6-13-11)17(7-15-10)9-4-3-8(5-18)19-9/h6-9,18H,3-5H2,1-2H3/t8-,9+/m0/s1. The van der Waals surface area contributed by atoms with E-state index in [0.29, 0.717) is 0 Å². The Hall–Kier alpha value is -1.73. The van der Waals surface area contributed by atoms with Crippen molar-refractivity contribution in [3.8, 4) is 0 Å². The van der Waals surface area contributed by atoms with Crippen LogP contribution in [0.4, 0.5) is 5.82 Å². The van der Waals surface area contributed by atoms with Gasteiger partial charge in [-0.2, -0.15) is 0 Å². The van der Waals surface area contributed by atoms with Crippen LogP contribution in [0.3, 0.4) is 0 Å². The van der Waals surface area contributed by atoms with Gasteiger partial charge in [0.05, 0.1) is 19.0 Å². The number of rotatable bonds is 3. The first-order valence-corrected chi connectivity index (χ1v) is 6.32. The van der Waals surface area contributed by atoms with Crippen molar-refractivity contribution < 1.29 is 9.84 Å². The fourth-order valence-electron chi connectivity index (χ4n) is 2.40. The number of nitrogens with zero attached hydrogens (tertiary/aromatic N) is 5. The average Bonchev–Trinajstić information content (AvgIpc) is 3.03. The molecule has 0 bridgehead atoms. The largest absolute Gasteiger partial charge is 0.394 e. The maximum Gasteiger partial charge on any atom is 0.167 e. The Morgan fingerprint density at radius 2 is 2.21 bits per heavy atom. The predicted octanol–water partition coefficient (Wildman–Crippen LogP) is 0.562. The molecule has 1 aliphatic heterocycles. The Balaban J connectivity index is 2.00. The molecule has 1 saturated heterocycles. The van der Waals surface area contributed by atoms with Gasteiger partial charge in [0.25, 0.3) is 0 Å². The quantitative estimate of drug-likeness (QED) is 0.872. The summed E-state index contributed by atoms with van der Waals surface area (Å²) in [5.41, 5.74) is 1.53. The molecule has 1 fully saturated rings. The summed E-state index contributed by atoms with van der Waals surface area (Å²) >= 11 is 0. The molecule has 1 aliphatic rings. The van der Waals surface area contributed by atoms with Gasteiger partial charge in [0, 0.05) is 14.1 Å². The van der Waals surface area contributed by atoms with Crippen molar-refractivity contribution in [1.82, 2.24) is 19.5 Å². The lowest BCUT2D eigenvalue weighted by atomic mass is 10.2. The molecule has 3 heterocycles. The Morgan fingerprint density at radius 1 is 1.37 bits per heavy atom. The molecule has 0 radical (unpaired) electrons. The van der Waals surface area contributed by atoms with E-state index in [0.717, 1.165) is 29.8 Å². The molecule has 0 saturated carbocycles. The molecule has 0 unspecified atom stereocenters. The van der Waals surface area contributed by atoms with Crippen LogP contribution in [0.2, 0.25) is 0 Å². The highest BCUT2D eigenvalue weighted by Gasteiger charge is 2.27. The number of aromatic nitrogens is 4. The molecular formula is C12H17N5O2. The number of imidazole rings is 1. The number of ether oxygens (including phenoxy) is 1. The highest BCUT2D eigenvalue weighted by molar-refractivity contribution is 5.83. The third-order valence-electron chi connectivity index (χ3n) is 3.36. The van der Waals surface area contributed by atoms with Gasteiger partial charge >= 0.3 is 0 Å². The van der Waals surface area contributed by atoms with Gasteiger partial charge in [-0.15, -0.1) is 0 Å². The van der Waals surface area contributed by atoms with Gasteiger partial charge in [0.2, 0.25) is 0 Å². The van der Waals surface area contributed by atoms with Crippen LogP contribution >= 0.6 is 0 Å². The van der Waals surface area contributed by atoms with Gasteiger partial charge in [-0.05, 0) is 12.8 Å². The number of hydrogen-bond acceptors (Lipinski definition) is 6. The second kappa shape index (κ2) is 4.75. The number of aliphatic hydroxyl groups excluding tert-OH is 1. The van der Waals surface area contributed by atoms with E-state index in [9.17, 15) is 0 Å². The van der Waals surface area contributed by atoms with Crippen molar-refractivity contribution >= 4 is 17.0 Å². The lowest BCUT2D eigenvalue weighted by Gasteiger charge is -2.14. The molecule has 7 nitrogen and oxygen atoms in total. The molecule has 2 atom stereocenters. The van der Waals surface area contributed by atoms with Crippen molar-refractivity contribution in [3.63, 3.8) is 0 Å². The van der Waals surface area contributed by atoms with Crippen molar-refractivity contribution in [2.75, 3.05) is 25.6 Å². The van der Waals surface area contributed by atoms with Crippen molar-refractivity contribution in [2.24, 2.45) is 0 Å². The lowest BCUT2D eigenvalue weighted by molar-refractivity contribution is -0.0207. The average molecular weight is 263 g/mol. The van der Waals surface area contributed by atoms with Gasteiger partial charge in [-0.1, -0.05) is 0 Å². The van der Waals surface area contributed by atoms with Crippen LogP contribution < -0.4 is 4.90 Å². The number of aliphatic hydroxyl groups is 1. The zero-order chi connectivity index (χ0) is 13.4. The maximum atomic E-state index is 9.13. The van der Waals surface area contributed by atoms with Gasteiger partial charge in [0.15, 0.2) is 17.0 Å².